The highest BCUT2D eigenvalue weighted by molar-refractivity contribution is 7.99. The van der Waals surface area contributed by atoms with Crippen molar-refractivity contribution in [2.24, 2.45) is 0 Å². The van der Waals surface area contributed by atoms with E-state index < -0.39 is 0 Å². The van der Waals surface area contributed by atoms with E-state index in [1.807, 2.05) is 23.9 Å². The third kappa shape index (κ3) is 5.38. The highest BCUT2D eigenvalue weighted by Crippen LogP contribution is 2.16. The molecular weight excluding hydrogens is 216 g/mol. The van der Waals surface area contributed by atoms with Crippen LogP contribution in [0.5, 0.6) is 0 Å². The van der Waals surface area contributed by atoms with Gasteiger partial charge in [-0.05, 0) is 31.6 Å². The lowest BCUT2D eigenvalue weighted by Gasteiger charge is -2.10. The molecule has 0 heterocycles. The summed E-state index contributed by atoms with van der Waals surface area (Å²) in [6.07, 6.45) is 7.96. The van der Waals surface area contributed by atoms with Gasteiger partial charge in [0.05, 0.1) is 6.10 Å². The summed E-state index contributed by atoms with van der Waals surface area (Å²) in [5, 5.41) is 9.68. The number of thioether (sulfide) groups is 1. The molecule has 0 aliphatic carbocycles. The second kappa shape index (κ2) is 7.53. The maximum absolute atomic E-state index is 9.19. The smallest absolute Gasteiger partial charge is 0.0693 e. The first-order valence-electron chi connectivity index (χ1n) is 5.65. The van der Waals surface area contributed by atoms with Gasteiger partial charge in [-0.3, -0.25) is 0 Å². The zero-order valence-electron chi connectivity index (χ0n) is 9.97. The summed E-state index contributed by atoms with van der Waals surface area (Å²) < 4.78 is 0. The fraction of sp³-hybridized carbons (Fsp3) is 0.429. The molecule has 0 spiro atoms. The van der Waals surface area contributed by atoms with Crippen molar-refractivity contribution in [3.63, 3.8) is 0 Å². The molecule has 0 fully saturated rings. The van der Waals surface area contributed by atoms with Crippen molar-refractivity contribution in [3.8, 4) is 0 Å². The zero-order chi connectivity index (χ0) is 11.8. The van der Waals surface area contributed by atoms with Crippen LogP contribution >= 0.6 is 11.8 Å². The molecule has 0 bridgehead atoms. The maximum Gasteiger partial charge on any atom is 0.0693 e. The Morgan fingerprint density at radius 2 is 1.94 bits per heavy atom. The Morgan fingerprint density at radius 3 is 2.50 bits per heavy atom. The quantitative estimate of drug-likeness (QED) is 0.765. The Morgan fingerprint density at radius 1 is 1.25 bits per heavy atom. The van der Waals surface area contributed by atoms with E-state index in [9.17, 15) is 5.11 Å². The first kappa shape index (κ1) is 13.3. The summed E-state index contributed by atoms with van der Waals surface area (Å²) in [5.74, 6) is 0. The number of hydrogen-bond acceptors (Lipinski definition) is 2. The molecule has 0 amide bonds. The molecule has 1 nitrogen and oxygen atoms in total. The molecular formula is C14H20OS. The van der Waals surface area contributed by atoms with Crippen molar-refractivity contribution in [1.29, 1.82) is 0 Å². The summed E-state index contributed by atoms with van der Waals surface area (Å²) in [6.45, 7) is 1.78. The van der Waals surface area contributed by atoms with E-state index >= 15 is 0 Å². The first-order valence-corrected chi connectivity index (χ1v) is 6.94. The molecule has 0 aliphatic rings. The molecule has 0 aromatic heterocycles. The van der Waals surface area contributed by atoms with Crippen LogP contribution in [0.4, 0.5) is 0 Å². The lowest BCUT2D eigenvalue weighted by Crippen LogP contribution is -2.02. The molecule has 88 valence electrons. The van der Waals surface area contributed by atoms with Gasteiger partial charge in [0.2, 0.25) is 0 Å². The Bertz CT molecular complexity index is 306. The first-order chi connectivity index (χ1) is 7.72. The van der Waals surface area contributed by atoms with Crippen molar-refractivity contribution in [3.05, 3.63) is 48.0 Å². The number of aryl methyl sites for hydroxylation is 1. The molecule has 1 aromatic rings. The molecule has 0 saturated carbocycles. The Kier molecular flexibility index (Phi) is 6.27. The van der Waals surface area contributed by atoms with E-state index in [1.54, 1.807) is 6.92 Å². The van der Waals surface area contributed by atoms with Gasteiger partial charge in [-0.2, -0.15) is 11.8 Å². The molecule has 0 unspecified atom stereocenters. The van der Waals surface area contributed by atoms with Gasteiger partial charge in [0.1, 0.15) is 0 Å². The third-order valence-corrected chi connectivity index (χ3v) is 3.47. The molecule has 16 heavy (non-hydrogen) atoms. The second-order valence-corrected chi connectivity index (χ2v) is 5.00. The molecule has 0 saturated heterocycles. The van der Waals surface area contributed by atoms with E-state index in [4.69, 9.17) is 0 Å². The summed E-state index contributed by atoms with van der Waals surface area (Å²) in [4.78, 5) is 0. The Hall–Kier alpha value is -0.730. The highest BCUT2D eigenvalue weighted by Gasteiger charge is 2.03. The molecule has 1 rings (SSSR count). The van der Waals surface area contributed by atoms with Gasteiger partial charge in [-0.15, -0.1) is 0 Å². The van der Waals surface area contributed by atoms with E-state index in [2.05, 4.69) is 36.6 Å². The van der Waals surface area contributed by atoms with Crippen molar-refractivity contribution in [1.82, 2.24) is 0 Å². The fourth-order valence-electron chi connectivity index (χ4n) is 1.53. The number of aliphatic hydroxyl groups is 1. The predicted octanol–water partition coefficient (Wildman–Crippen LogP) is 3.29. The van der Waals surface area contributed by atoms with Gasteiger partial charge >= 0.3 is 0 Å². The van der Waals surface area contributed by atoms with E-state index in [0.717, 1.165) is 12.8 Å². The summed E-state index contributed by atoms with van der Waals surface area (Å²) in [5.41, 5.74) is 1.38. The molecule has 2 heteroatoms. The zero-order valence-corrected chi connectivity index (χ0v) is 10.8. The van der Waals surface area contributed by atoms with Crippen LogP contribution in [0, 0.1) is 0 Å². The van der Waals surface area contributed by atoms with Crippen LogP contribution in [0.25, 0.3) is 0 Å². The number of benzene rings is 1. The fourth-order valence-corrected chi connectivity index (χ4v) is 2.13. The summed E-state index contributed by atoms with van der Waals surface area (Å²) >= 11 is 1.83. The highest BCUT2D eigenvalue weighted by atomic mass is 32.2. The Balaban J connectivity index is 2.40. The van der Waals surface area contributed by atoms with E-state index in [-0.39, 0.29) is 6.10 Å². The van der Waals surface area contributed by atoms with E-state index in [1.165, 1.54) is 5.56 Å². The van der Waals surface area contributed by atoms with Crippen molar-refractivity contribution >= 4 is 11.8 Å². The summed E-state index contributed by atoms with van der Waals surface area (Å²) in [6, 6.07) is 10.5. The van der Waals surface area contributed by atoms with Crippen LogP contribution in [-0.4, -0.2) is 22.7 Å². The lowest BCUT2D eigenvalue weighted by molar-refractivity contribution is 0.244. The summed E-state index contributed by atoms with van der Waals surface area (Å²) in [7, 11) is 0. The average Bonchev–Trinajstić information content (AvgIpc) is 2.30. The minimum absolute atomic E-state index is 0.341. The number of aliphatic hydroxyl groups excluding tert-OH is 1. The van der Waals surface area contributed by atoms with Crippen LogP contribution in [0.1, 0.15) is 18.9 Å². The molecule has 0 radical (unpaired) electrons. The van der Waals surface area contributed by atoms with E-state index in [0.29, 0.717) is 5.25 Å². The largest absolute Gasteiger partial charge is 0.389 e. The van der Waals surface area contributed by atoms with Gasteiger partial charge in [0.25, 0.3) is 0 Å². The maximum atomic E-state index is 9.19. The number of hydrogen-bond donors (Lipinski definition) is 1. The minimum Gasteiger partial charge on any atom is -0.389 e. The van der Waals surface area contributed by atoms with Gasteiger partial charge in [-0.25, -0.2) is 0 Å². The van der Waals surface area contributed by atoms with Crippen LogP contribution in [0.2, 0.25) is 0 Å². The third-order valence-electron chi connectivity index (χ3n) is 2.47. The molecule has 1 N–H and O–H groups in total. The average molecular weight is 236 g/mol. The topological polar surface area (TPSA) is 20.2 Å². The Labute approximate surface area is 103 Å². The molecule has 1 aromatic carbocycles. The molecule has 0 aliphatic heterocycles. The monoisotopic (exact) mass is 236 g/mol. The van der Waals surface area contributed by atoms with Gasteiger partial charge in [0.15, 0.2) is 0 Å². The van der Waals surface area contributed by atoms with Crippen LogP contribution in [0.15, 0.2) is 42.5 Å². The lowest BCUT2D eigenvalue weighted by atomic mass is 10.1. The van der Waals surface area contributed by atoms with Gasteiger partial charge in [0, 0.05) is 5.25 Å². The SMILES string of the molecule is CS[C@@H](/C=C/[C@@H](C)O)CCc1ccccc1. The number of rotatable bonds is 6. The van der Waals surface area contributed by atoms with Crippen LogP contribution in [-0.2, 0) is 6.42 Å². The predicted molar refractivity (Wildman–Crippen MR) is 72.9 cm³/mol. The standard InChI is InChI=1S/C14H20OS/c1-12(15)8-10-14(16-2)11-9-13-6-4-3-5-7-13/h3-8,10,12,14-15H,9,11H2,1-2H3/b10-8+/t12-,14+/m1/s1. The minimum atomic E-state index is -0.341. The van der Waals surface area contributed by atoms with Gasteiger partial charge in [-0.1, -0.05) is 42.5 Å². The molecule has 2 atom stereocenters. The van der Waals surface area contributed by atoms with Gasteiger partial charge < -0.3 is 5.11 Å². The second-order valence-electron chi connectivity index (χ2n) is 3.92. The van der Waals surface area contributed by atoms with Crippen molar-refractivity contribution in [2.45, 2.75) is 31.1 Å². The normalized spacial score (nSPS) is 15.2. The van der Waals surface area contributed by atoms with Crippen molar-refractivity contribution in [2.75, 3.05) is 6.26 Å². The van der Waals surface area contributed by atoms with Crippen molar-refractivity contribution < 1.29 is 5.11 Å². The van der Waals surface area contributed by atoms with Crippen LogP contribution in [0.3, 0.4) is 0 Å². The van der Waals surface area contributed by atoms with Crippen LogP contribution < -0.4 is 0 Å².